The molecule has 0 saturated heterocycles. The molecule has 2 aromatic rings. The first kappa shape index (κ1) is 18.9. The number of sulfonamides is 1. The van der Waals surface area contributed by atoms with E-state index in [0.717, 1.165) is 11.6 Å². The SMILES string of the molecule is CC(=O)N(C)c1ccc(F)cc1NS(=O)(=O)c1c(C)cc(C)cc1C. The highest BCUT2D eigenvalue weighted by atomic mass is 32.2. The van der Waals surface area contributed by atoms with E-state index in [-0.39, 0.29) is 22.2 Å². The third-order valence-corrected chi connectivity index (χ3v) is 5.58. The summed E-state index contributed by atoms with van der Waals surface area (Å²) in [5, 5.41) is 0. The summed E-state index contributed by atoms with van der Waals surface area (Å²) in [6.07, 6.45) is 0. The van der Waals surface area contributed by atoms with Crippen LogP contribution in [0.1, 0.15) is 23.6 Å². The second-order valence-corrected chi connectivity index (χ2v) is 7.69. The largest absolute Gasteiger partial charge is 0.314 e. The molecule has 0 spiro atoms. The van der Waals surface area contributed by atoms with Crippen molar-refractivity contribution < 1.29 is 17.6 Å². The Labute approximate surface area is 147 Å². The van der Waals surface area contributed by atoms with E-state index < -0.39 is 15.8 Å². The Balaban J connectivity index is 2.56. The molecule has 0 saturated carbocycles. The molecule has 2 rings (SSSR count). The second kappa shape index (κ2) is 6.84. The lowest BCUT2D eigenvalue weighted by Gasteiger charge is -2.21. The Morgan fingerprint density at radius 2 is 1.64 bits per heavy atom. The Morgan fingerprint density at radius 3 is 2.16 bits per heavy atom. The maximum atomic E-state index is 13.7. The van der Waals surface area contributed by atoms with E-state index in [1.165, 1.54) is 31.0 Å². The fourth-order valence-corrected chi connectivity index (χ4v) is 4.36. The van der Waals surface area contributed by atoms with Crippen LogP contribution in [-0.4, -0.2) is 21.4 Å². The van der Waals surface area contributed by atoms with Crippen LogP contribution in [0, 0.1) is 26.6 Å². The number of carbonyl (C=O) groups excluding carboxylic acids is 1. The molecule has 1 amide bonds. The average Bonchev–Trinajstić information content (AvgIpc) is 2.44. The maximum absolute atomic E-state index is 13.7. The van der Waals surface area contributed by atoms with Crippen molar-refractivity contribution in [1.82, 2.24) is 0 Å². The molecular formula is C18H21FN2O3S. The number of hydrogen-bond donors (Lipinski definition) is 1. The van der Waals surface area contributed by atoms with Gasteiger partial charge in [-0.05, 0) is 44.0 Å². The third-order valence-electron chi connectivity index (χ3n) is 3.91. The van der Waals surface area contributed by atoms with Gasteiger partial charge in [-0.2, -0.15) is 0 Å². The Kier molecular flexibility index (Phi) is 5.17. The molecule has 134 valence electrons. The minimum Gasteiger partial charge on any atom is -0.314 e. The summed E-state index contributed by atoms with van der Waals surface area (Å²) in [5.74, 6) is -0.898. The van der Waals surface area contributed by atoms with Crippen LogP contribution < -0.4 is 9.62 Å². The standard InChI is InChI=1S/C18H21FN2O3S/c1-11-8-12(2)18(13(3)9-11)25(23,24)20-16-10-15(19)6-7-17(16)21(5)14(4)22/h6-10,20H,1-5H3. The molecular weight excluding hydrogens is 343 g/mol. The molecule has 0 aliphatic carbocycles. The maximum Gasteiger partial charge on any atom is 0.262 e. The Hall–Kier alpha value is -2.41. The zero-order valence-corrected chi connectivity index (χ0v) is 15.7. The highest BCUT2D eigenvalue weighted by Gasteiger charge is 2.23. The molecule has 0 bridgehead atoms. The predicted octanol–water partition coefficient (Wildman–Crippen LogP) is 3.53. The highest BCUT2D eigenvalue weighted by molar-refractivity contribution is 7.92. The molecule has 2 aromatic carbocycles. The van der Waals surface area contributed by atoms with Crippen LogP contribution >= 0.6 is 0 Å². The van der Waals surface area contributed by atoms with Crippen molar-refractivity contribution in [3.05, 3.63) is 52.8 Å². The zero-order chi connectivity index (χ0) is 18.9. The fraction of sp³-hybridized carbons (Fsp3) is 0.278. The van der Waals surface area contributed by atoms with Gasteiger partial charge in [-0.25, -0.2) is 12.8 Å². The van der Waals surface area contributed by atoms with Gasteiger partial charge in [0.25, 0.3) is 10.0 Å². The Morgan fingerprint density at radius 1 is 1.08 bits per heavy atom. The van der Waals surface area contributed by atoms with Crippen molar-refractivity contribution in [1.29, 1.82) is 0 Å². The number of rotatable bonds is 4. The van der Waals surface area contributed by atoms with Gasteiger partial charge in [0.2, 0.25) is 5.91 Å². The molecule has 0 aliphatic rings. The minimum absolute atomic E-state index is 0.0112. The van der Waals surface area contributed by atoms with E-state index in [4.69, 9.17) is 0 Å². The highest BCUT2D eigenvalue weighted by Crippen LogP contribution is 2.30. The quantitative estimate of drug-likeness (QED) is 0.902. The van der Waals surface area contributed by atoms with Crippen molar-refractivity contribution in [2.45, 2.75) is 32.6 Å². The summed E-state index contributed by atoms with van der Waals surface area (Å²) in [7, 11) is -2.45. The molecule has 0 heterocycles. The number of amides is 1. The van der Waals surface area contributed by atoms with Crippen LogP contribution in [0.25, 0.3) is 0 Å². The first-order chi connectivity index (χ1) is 11.5. The number of halogens is 1. The van der Waals surface area contributed by atoms with Crippen LogP contribution in [0.2, 0.25) is 0 Å². The van der Waals surface area contributed by atoms with Gasteiger partial charge in [-0.15, -0.1) is 0 Å². The molecule has 7 heteroatoms. The molecule has 0 radical (unpaired) electrons. The van der Waals surface area contributed by atoms with Crippen molar-refractivity contribution >= 4 is 27.3 Å². The van der Waals surface area contributed by atoms with Crippen molar-refractivity contribution in [3.63, 3.8) is 0 Å². The average molecular weight is 364 g/mol. The van der Waals surface area contributed by atoms with E-state index in [9.17, 15) is 17.6 Å². The first-order valence-electron chi connectivity index (χ1n) is 7.67. The lowest BCUT2D eigenvalue weighted by molar-refractivity contribution is -0.116. The molecule has 25 heavy (non-hydrogen) atoms. The lowest BCUT2D eigenvalue weighted by atomic mass is 10.1. The van der Waals surface area contributed by atoms with Crippen LogP contribution in [0.5, 0.6) is 0 Å². The molecule has 0 aliphatic heterocycles. The smallest absolute Gasteiger partial charge is 0.262 e. The van der Waals surface area contributed by atoms with E-state index in [1.54, 1.807) is 26.0 Å². The molecule has 0 aromatic heterocycles. The van der Waals surface area contributed by atoms with E-state index in [2.05, 4.69) is 4.72 Å². The minimum atomic E-state index is -3.94. The Bertz CT molecular complexity index is 916. The number of hydrogen-bond acceptors (Lipinski definition) is 3. The van der Waals surface area contributed by atoms with Crippen LogP contribution in [0.4, 0.5) is 15.8 Å². The summed E-state index contributed by atoms with van der Waals surface area (Å²) in [6.45, 7) is 6.65. The molecule has 5 nitrogen and oxygen atoms in total. The lowest BCUT2D eigenvalue weighted by Crippen LogP contribution is -2.25. The monoisotopic (exact) mass is 364 g/mol. The van der Waals surface area contributed by atoms with Crippen molar-refractivity contribution in [2.75, 3.05) is 16.7 Å². The molecule has 0 fully saturated rings. The number of nitrogens with one attached hydrogen (secondary N) is 1. The fourth-order valence-electron chi connectivity index (χ4n) is 2.84. The predicted molar refractivity (Wildman–Crippen MR) is 96.9 cm³/mol. The van der Waals surface area contributed by atoms with Crippen molar-refractivity contribution in [3.8, 4) is 0 Å². The van der Waals surface area contributed by atoms with Gasteiger partial charge in [0.1, 0.15) is 5.82 Å². The zero-order valence-electron chi connectivity index (χ0n) is 14.8. The molecule has 1 N–H and O–H groups in total. The summed E-state index contributed by atoms with van der Waals surface area (Å²) < 4.78 is 41.8. The second-order valence-electron chi connectivity index (χ2n) is 6.07. The van der Waals surface area contributed by atoms with Gasteiger partial charge in [-0.1, -0.05) is 17.7 Å². The normalized spacial score (nSPS) is 11.3. The van der Waals surface area contributed by atoms with Crippen LogP contribution in [0.3, 0.4) is 0 Å². The van der Waals surface area contributed by atoms with Gasteiger partial charge in [0, 0.05) is 20.0 Å². The summed E-state index contributed by atoms with van der Waals surface area (Å²) >= 11 is 0. The van der Waals surface area contributed by atoms with Crippen molar-refractivity contribution in [2.24, 2.45) is 0 Å². The van der Waals surface area contributed by atoms with Gasteiger partial charge in [-0.3, -0.25) is 9.52 Å². The summed E-state index contributed by atoms with van der Waals surface area (Å²) in [5.41, 5.74) is 2.44. The number of benzene rings is 2. The molecule has 0 unspecified atom stereocenters. The van der Waals surface area contributed by atoms with Gasteiger partial charge in [0.05, 0.1) is 16.3 Å². The number of anilines is 2. The van der Waals surface area contributed by atoms with Gasteiger partial charge >= 0.3 is 0 Å². The number of carbonyl (C=O) groups is 1. The number of nitrogens with zero attached hydrogens (tertiary/aromatic N) is 1. The third kappa shape index (κ3) is 3.99. The van der Waals surface area contributed by atoms with E-state index in [0.29, 0.717) is 11.1 Å². The first-order valence-corrected chi connectivity index (χ1v) is 9.16. The van der Waals surface area contributed by atoms with Crippen LogP contribution in [0.15, 0.2) is 35.2 Å². The van der Waals surface area contributed by atoms with E-state index in [1.807, 2.05) is 6.92 Å². The topological polar surface area (TPSA) is 66.5 Å². The molecule has 0 atom stereocenters. The van der Waals surface area contributed by atoms with Gasteiger partial charge in [0.15, 0.2) is 0 Å². The summed E-state index contributed by atoms with van der Waals surface area (Å²) in [6, 6.07) is 7.15. The van der Waals surface area contributed by atoms with Gasteiger partial charge < -0.3 is 4.90 Å². The van der Waals surface area contributed by atoms with Crippen LogP contribution in [-0.2, 0) is 14.8 Å². The summed E-state index contributed by atoms with van der Waals surface area (Å²) in [4.78, 5) is 13.0. The number of aryl methyl sites for hydroxylation is 3. The van der Waals surface area contributed by atoms with E-state index >= 15 is 0 Å².